The number of aromatic nitrogens is 1. The summed E-state index contributed by atoms with van der Waals surface area (Å²) in [5, 5.41) is 15.9. The van der Waals surface area contributed by atoms with Gasteiger partial charge in [-0.05, 0) is 36.4 Å². The molecule has 0 spiro atoms. The van der Waals surface area contributed by atoms with E-state index in [0.29, 0.717) is 13.1 Å². The van der Waals surface area contributed by atoms with Gasteiger partial charge in [-0.3, -0.25) is 0 Å². The quantitative estimate of drug-likeness (QED) is 0.486. The van der Waals surface area contributed by atoms with E-state index in [1.165, 1.54) is 23.4 Å². The molecule has 3 heterocycles. The molecule has 0 atom stereocenters. The number of carbonyl (C=O) groups excluding carboxylic acids is 1. The van der Waals surface area contributed by atoms with Crippen LogP contribution in [-0.2, 0) is 11.3 Å². The van der Waals surface area contributed by atoms with Crippen LogP contribution in [0.3, 0.4) is 0 Å². The Labute approximate surface area is 201 Å². The molecule has 0 aliphatic carbocycles. The number of rotatable bonds is 8. The molecule has 3 aromatic rings. The number of anilines is 2. The predicted molar refractivity (Wildman–Crippen MR) is 114 cm³/mol. The summed E-state index contributed by atoms with van der Waals surface area (Å²) in [6.45, 7) is 3.32. The third kappa shape index (κ3) is 5.83. The van der Waals surface area contributed by atoms with Crippen molar-refractivity contribution in [2.75, 3.05) is 29.4 Å². The van der Waals surface area contributed by atoms with E-state index in [1.54, 1.807) is 22.7 Å². The molecule has 8 heteroatoms. The number of thiazole rings is 1. The number of aliphatic carboxylic acids is 1. The van der Waals surface area contributed by atoms with Crippen LogP contribution in [0.4, 0.5) is 10.8 Å². The molecule has 146 valence electrons. The van der Waals surface area contributed by atoms with E-state index in [-0.39, 0.29) is 36.0 Å². The van der Waals surface area contributed by atoms with Crippen LogP contribution in [0.1, 0.15) is 24.1 Å². The fourth-order valence-electron chi connectivity index (χ4n) is 3.42. The second kappa shape index (κ2) is 10.6. The van der Waals surface area contributed by atoms with Gasteiger partial charge in [-0.25, -0.2) is 4.98 Å². The van der Waals surface area contributed by atoms with Gasteiger partial charge in [-0.15, -0.1) is 22.7 Å². The average Bonchev–Trinajstić information content (AvgIpc) is 3.48. The molecule has 0 unspecified atom stereocenters. The number of thiophene rings is 1. The molecule has 1 fully saturated rings. The van der Waals surface area contributed by atoms with Crippen molar-refractivity contribution in [3.05, 3.63) is 52.0 Å². The van der Waals surface area contributed by atoms with Crippen molar-refractivity contribution in [1.29, 1.82) is 0 Å². The number of nitrogens with zero attached hydrogens (tertiary/aromatic N) is 3. The van der Waals surface area contributed by atoms with Gasteiger partial charge in [-0.2, -0.15) is 0 Å². The molecule has 0 amide bonds. The molecule has 0 saturated carbocycles. The standard InChI is InChI=1S/C21H23N3O2S2.Na/c25-20(26)9-12-24(14-18-4-3-13-27-18)21-22-19(15-28-21)16-5-7-17(8-6-16)23-10-1-2-11-23;/h3-8,13,15H,1-2,9-12,14H2,(H,25,26);/q;+1/p-1. The summed E-state index contributed by atoms with van der Waals surface area (Å²) in [6.07, 6.45) is 2.52. The van der Waals surface area contributed by atoms with E-state index in [1.807, 2.05) is 21.7 Å². The zero-order chi connectivity index (χ0) is 19.3. The van der Waals surface area contributed by atoms with Crippen LogP contribution in [0.25, 0.3) is 11.3 Å². The van der Waals surface area contributed by atoms with Gasteiger partial charge in [0.2, 0.25) is 0 Å². The molecule has 0 N–H and O–H groups in total. The Balaban J connectivity index is 0.00000240. The van der Waals surface area contributed by atoms with Crippen LogP contribution in [0, 0.1) is 0 Å². The van der Waals surface area contributed by atoms with Gasteiger partial charge in [0.1, 0.15) is 0 Å². The van der Waals surface area contributed by atoms with Gasteiger partial charge >= 0.3 is 29.6 Å². The van der Waals surface area contributed by atoms with Gasteiger partial charge in [0.05, 0.1) is 12.2 Å². The van der Waals surface area contributed by atoms with Crippen molar-refractivity contribution in [2.24, 2.45) is 0 Å². The maximum Gasteiger partial charge on any atom is 1.00 e. The minimum absolute atomic E-state index is 0. The fraction of sp³-hybridized carbons (Fsp3) is 0.333. The summed E-state index contributed by atoms with van der Waals surface area (Å²) in [6, 6.07) is 12.6. The molecule has 0 radical (unpaired) electrons. The first-order valence-corrected chi connectivity index (χ1v) is 11.2. The zero-order valence-electron chi connectivity index (χ0n) is 16.5. The Hall–Kier alpha value is -1.38. The Morgan fingerprint density at radius 2 is 1.90 bits per heavy atom. The summed E-state index contributed by atoms with van der Waals surface area (Å²) in [7, 11) is 0. The van der Waals surface area contributed by atoms with E-state index in [2.05, 4.69) is 35.2 Å². The normalized spacial score (nSPS) is 13.3. The maximum atomic E-state index is 10.9. The molecular weight excluding hydrogens is 413 g/mol. The van der Waals surface area contributed by atoms with Gasteiger partial charge < -0.3 is 19.7 Å². The average molecular weight is 436 g/mol. The Bertz CT molecular complexity index is 906. The third-order valence-electron chi connectivity index (χ3n) is 4.91. The number of benzene rings is 1. The SMILES string of the molecule is O=C([O-])CCN(Cc1cccs1)c1nc(-c2ccc(N3CCCC3)cc2)cs1.[Na+]. The molecule has 4 rings (SSSR count). The molecule has 1 aliphatic rings. The number of hydrogen-bond donors (Lipinski definition) is 0. The first-order valence-electron chi connectivity index (χ1n) is 9.47. The minimum atomic E-state index is -1.04. The third-order valence-corrected chi connectivity index (χ3v) is 6.67. The predicted octanol–water partition coefficient (Wildman–Crippen LogP) is 0.622. The summed E-state index contributed by atoms with van der Waals surface area (Å²) in [4.78, 5) is 21.4. The Morgan fingerprint density at radius 1 is 1.14 bits per heavy atom. The largest absolute Gasteiger partial charge is 1.00 e. The molecular formula is C21H22N3NaO2S2. The summed E-state index contributed by atoms with van der Waals surface area (Å²) in [5.74, 6) is -1.04. The Morgan fingerprint density at radius 3 is 2.55 bits per heavy atom. The molecule has 1 saturated heterocycles. The van der Waals surface area contributed by atoms with Crippen LogP contribution < -0.4 is 44.5 Å². The summed E-state index contributed by atoms with van der Waals surface area (Å²) in [5.41, 5.74) is 3.28. The van der Waals surface area contributed by atoms with Crippen molar-refractivity contribution < 1.29 is 39.5 Å². The van der Waals surface area contributed by atoms with Crippen molar-refractivity contribution in [1.82, 2.24) is 4.98 Å². The maximum absolute atomic E-state index is 10.9. The van der Waals surface area contributed by atoms with E-state index in [0.717, 1.165) is 29.5 Å². The number of carbonyl (C=O) groups is 1. The molecule has 0 bridgehead atoms. The smallest absolute Gasteiger partial charge is 0.550 e. The van der Waals surface area contributed by atoms with E-state index in [9.17, 15) is 9.90 Å². The van der Waals surface area contributed by atoms with Crippen LogP contribution in [-0.4, -0.2) is 30.6 Å². The molecule has 5 nitrogen and oxygen atoms in total. The van der Waals surface area contributed by atoms with Crippen LogP contribution in [0.15, 0.2) is 47.2 Å². The Kier molecular flexibility index (Phi) is 8.15. The molecule has 1 aromatic carbocycles. The fourth-order valence-corrected chi connectivity index (χ4v) is 5.00. The van der Waals surface area contributed by atoms with Gasteiger partial charge in [0.25, 0.3) is 0 Å². The van der Waals surface area contributed by atoms with Crippen molar-refractivity contribution in [3.8, 4) is 11.3 Å². The first kappa shape index (κ1) is 22.3. The van der Waals surface area contributed by atoms with E-state index >= 15 is 0 Å². The van der Waals surface area contributed by atoms with Crippen molar-refractivity contribution >= 4 is 39.5 Å². The summed E-state index contributed by atoms with van der Waals surface area (Å²) >= 11 is 3.22. The first-order chi connectivity index (χ1) is 13.7. The summed E-state index contributed by atoms with van der Waals surface area (Å²) < 4.78 is 0. The minimum Gasteiger partial charge on any atom is -0.550 e. The van der Waals surface area contributed by atoms with Crippen LogP contribution in [0.2, 0.25) is 0 Å². The molecule has 29 heavy (non-hydrogen) atoms. The topological polar surface area (TPSA) is 59.5 Å². The van der Waals surface area contributed by atoms with Crippen molar-refractivity contribution in [2.45, 2.75) is 25.8 Å². The van der Waals surface area contributed by atoms with Crippen LogP contribution >= 0.6 is 22.7 Å². The second-order valence-corrected chi connectivity index (χ2v) is 8.75. The van der Waals surface area contributed by atoms with Gasteiger partial charge in [0, 0.05) is 53.5 Å². The van der Waals surface area contributed by atoms with Crippen LogP contribution in [0.5, 0.6) is 0 Å². The van der Waals surface area contributed by atoms with E-state index in [4.69, 9.17) is 4.98 Å². The van der Waals surface area contributed by atoms with Gasteiger partial charge in [0.15, 0.2) is 5.13 Å². The molecule has 2 aromatic heterocycles. The number of hydrogen-bond acceptors (Lipinski definition) is 7. The van der Waals surface area contributed by atoms with Crippen molar-refractivity contribution in [3.63, 3.8) is 0 Å². The van der Waals surface area contributed by atoms with E-state index < -0.39 is 5.97 Å². The van der Waals surface area contributed by atoms with Gasteiger partial charge in [-0.1, -0.05) is 18.2 Å². The number of carboxylic acid groups (broad SMARTS) is 1. The zero-order valence-corrected chi connectivity index (χ0v) is 20.2. The second-order valence-electron chi connectivity index (χ2n) is 6.88. The monoisotopic (exact) mass is 435 g/mol. The number of carboxylic acids is 1. The molecule has 1 aliphatic heterocycles.